The fourth-order valence-corrected chi connectivity index (χ4v) is 1.31. The Morgan fingerprint density at radius 1 is 1.54 bits per heavy atom. The minimum absolute atomic E-state index is 0.271. The molecule has 0 aliphatic carbocycles. The van der Waals surface area contributed by atoms with E-state index in [2.05, 4.69) is 5.16 Å². The maximum absolute atomic E-state index is 13.0. The van der Waals surface area contributed by atoms with E-state index < -0.39 is 6.17 Å². The fraction of sp³-hybridized carbons (Fsp3) is 0.222. The topological polar surface area (TPSA) is 52.0 Å². The van der Waals surface area contributed by atoms with Gasteiger partial charge in [-0.25, -0.2) is 4.39 Å². The largest absolute Gasteiger partial charge is 0.398 e. The Hall–Kier alpha value is -1.58. The number of benzene rings is 1. The van der Waals surface area contributed by atoms with E-state index in [1.807, 2.05) is 0 Å². The third kappa shape index (κ3) is 1.14. The molecule has 3 nitrogen and oxygen atoms in total. The van der Waals surface area contributed by atoms with Crippen molar-refractivity contribution >= 4 is 16.7 Å². The Labute approximate surface area is 74.3 Å². The van der Waals surface area contributed by atoms with E-state index in [4.69, 9.17) is 10.3 Å². The fourth-order valence-electron chi connectivity index (χ4n) is 1.31. The Balaban J connectivity index is 2.79. The van der Waals surface area contributed by atoms with Crippen LogP contribution in [0.3, 0.4) is 0 Å². The number of nitrogens with zero attached hydrogens (tertiary/aromatic N) is 1. The van der Waals surface area contributed by atoms with Gasteiger partial charge in [-0.2, -0.15) is 0 Å². The number of hydrogen-bond acceptors (Lipinski definition) is 3. The summed E-state index contributed by atoms with van der Waals surface area (Å²) in [6.45, 7) is 1.41. The Bertz CT molecular complexity index is 436. The molecule has 68 valence electrons. The minimum atomic E-state index is -1.16. The van der Waals surface area contributed by atoms with E-state index in [1.165, 1.54) is 6.92 Å². The van der Waals surface area contributed by atoms with Gasteiger partial charge in [0.25, 0.3) is 0 Å². The average Bonchev–Trinajstić information content (AvgIpc) is 2.49. The Morgan fingerprint density at radius 2 is 2.31 bits per heavy atom. The van der Waals surface area contributed by atoms with Gasteiger partial charge in [-0.15, -0.1) is 0 Å². The van der Waals surface area contributed by atoms with Gasteiger partial charge in [0, 0.05) is 5.69 Å². The van der Waals surface area contributed by atoms with Gasteiger partial charge in [0.15, 0.2) is 5.58 Å². The normalized spacial score (nSPS) is 13.4. The highest BCUT2D eigenvalue weighted by Crippen LogP contribution is 2.29. The number of hydrogen-bond donors (Lipinski definition) is 1. The predicted molar refractivity (Wildman–Crippen MR) is 47.9 cm³/mol. The summed E-state index contributed by atoms with van der Waals surface area (Å²) in [4.78, 5) is 0. The van der Waals surface area contributed by atoms with Crippen LogP contribution < -0.4 is 5.73 Å². The standard InChI is InChI=1S/C9H9FN2O/c1-5(10)9-8-6(11)3-2-4-7(8)13-12-9/h2-5H,11H2,1H3. The smallest absolute Gasteiger partial charge is 0.169 e. The first-order chi connectivity index (χ1) is 6.20. The van der Waals surface area contributed by atoms with Crippen molar-refractivity contribution in [3.8, 4) is 0 Å². The lowest BCUT2D eigenvalue weighted by molar-refractivity contribution is 0.342. The Morgan fingerprint density at radius 3 is 3.00 bits per heavy atom. The van der Waals surface area contributed by atoms with Crippen molar-refractivity contribution in [1.29, 1.82) is 0 Å². The molecule has 0 aliphatic rings. The molecule has 0 bridgehead atoms. The lowest BCUT2D eigenvalue weighted by atomic mass is 10.1. The second-order valence-electron chi connectivity index (χ2n) is 2.90. The van der Waals surface area contributed by atoms with Gasteiger partial charge < -0.3 is 10.3 Å². The molecule has 1 unspecified atom stereocenters. The van der Waals surface area contributed by atoms with Crippen LogP contribution >= 0.6 is 0 Å². The number of alkyl halides is 1. The van der Waals surface area contributed by atoms with Gasteiger partial charge in [-0.1, -0.05) is 11.2 Å². The van der Waals surface area contributed by atoms with E-state index in [1.54, 1.807) is 18.2 Å². The maximum Gasteiger partial charge on any atom is 0.169 e. The average molecular weight is 180 g/mol. The molecule has 1 aromatic heterocycles. The number of aromatic nitrogens is 1. The summed E-state index contributed by atoms with van der Waals surface area (Å²) in [5, 5.41) is 4.21. The molecule has 0 fully saturated rings. The van der Waals surface area contributed by atoms with Crippen LogP contribution in [0.4, 0.5) is 10.1 Å². The third-order valence-electron chi connectivity index (χ3n) is 1.93. The zero-order valence-corrected chi connectivity index (χ0v) is 7.12. The van der Waals surface area contributed by atoms with Crippen molar-refractivity contribution in [2.24, 2.45) is 0 Å². The van der Waals surface area contributed by atoms with Crippen LogP contribution in [0.2, 0.25) is 0 Å². The van der Waals surface area contributed by atoms with Gasteiger partial charge in [-0.3, -0.25) is 0 Å². The van der Waals surface area contributed by atoms with Crippen LogP contribution in [0.1, 0.15) is 18.8 Å². The lowest BCUT2D eigenvalue weighted by Crippen LogP contribution is -1.90. The molecule has 1 atom stereocenters. The van der Waals surface area contributed by atoms with Crippen molar-refractivity contribution in [2.45, 2.75) is 13.1 Å². The van der Waals surface area contributed by atoms with Crippen LogP contribution in [0.15, 0.2) is 22.7 Å². The van der Waals surface area contributed by atoms with Gasteiger partial charge >= 0.3 is 0 Å². The van der Waals surface area contributed by atoms with Crippen LogP contribution in [0.25, 0.3) is 11.0 Å². The van der Waals surface area contributed by atoms with E-state index >= 15 is 0 Å². The molecule has 4 heteroatoms. The summed E-state index contributed by atoms with van der Waals surface area (Å²) >= 11 is 0. The van der Waals surface area contributed by atoms with E-state index in [0.717, 1.165) is 0 Å². The monoisotopic (exact) mass is 180 g/mol. The molecular formula is C9H9FN2O. The Kier molecular flexibility index (Phi) is 1.69. The zero-order valence-electron chi connectivity index (χ0n) is 7.12. The molecular weight excluding hydrogens is 171 g/mol. The van der Waals surface area contributed by atoms with E-state index in [-0.39, 0.29) is 5.69 Å². The molecule has 13 heavy (non-hydrogen) atoms. The van der Waals surface area contributed by atoms with Crippen LogP contribution in [-0.4, -0.2) is 5.16 Å². The number of anilines is 1. The molecule has 0 spiro atoms. The maximum atomic E-state index is 13.0. The lowest BCUT2D eigenvalue weighted by Gasteiger charge is -1.97. The van der Waals surface area contributed by atoms with Crippen molar-refractivity contribution in [1.82, 2.24) is 5.16 Å². The van der Waals surface area contributed by atoms with Crippen molar-refractivity contribution in [3.63, 3.8) is 0 Å². The van der Waals surface area contributed by atoms with Crippen LogP contribution in [0.5, 0.6) is 0 Å². The van der Waals surface area contributed by atoms with Gasteiger partial charge in [0.05, 0.1) is 5.39 Å². The molecule has 1 heterocycles. The highest BCUT2D eigenvalue weighted by atomic mass is 19.1. The van der Waals surface area contributed by atoms with Crippen LogP contribution in [0, 0.1) is 0 Å². The highest BCUT2D eigenvalue weighted by Gasteiger charge is 2.15. The summed E-state index contributed by atoms with van der Waals surface area (Å²) in [7, 11) is 0. The van der Waals surface area contributed by atoms with Crippen molar-refractivity contribution in [2.75, 3.05) is 5.73 Å². The quantitative estimate of drug-likeness (QED) is 0.685. The summed E-state index contributed by atoms with van der Waals surface area (Å²) in [6, 6.07) is 5.16. The molecule has 2 aromatic rings. The third-order valence-corrected chi connectivity index (χ3v) is 1.93. The molecule has 0 amide bonds. The van der Waals surface area contributed by atoms with Crippen molar-refractivity contribution in [3.05, 3.63) is 23.9 Å². The predicted octanol–water partition coefficient (Wildman–Crippen LogP) is 2.44. The number of rotatable bonds is 1. The van der Waals surface area contributed by atoms with Crippen LogP contribution in [-0.2, 0) is 0 Å². The SMILES string of the molecule is CC(F)c1noc2cccc(N)c12. The van der Waals surface area contributed by atoms with Gasteiger partial charge in [0.1, 0.15) is 11.9 Å². The molecule has 0 radical (unpaired) electrons. The first kappa shape index (κ1) is 8.04. The summed E-state index contributed by atoms with van der Waals surface area (Å²) in [6.07, 6.45) is -1.16. The second kappa shape index (κ2) is 2.73. The number of nitrogens with two attached hydrogens (primary N) is 1. The molecule has 2 rings (SSSR count). The van der Waals surface area contributed by atoms with Gasteiger partial charge in [0.2, 0.25) is 0 Å². The number of fused-ring (bicyclic) bond motifs is 1. The number of halogens is 1. The number of nitrogen functional groups attached to an aromatic ring is 1. The molecule has 0 aliphatic heterocycles. The minimum Gasteiger partial charge on any atom is -0.398 e. The molecule has 0 saturated heterocycles. The first-order valence-electron chi connectivity index (χ1n) is 3.98. The molecule has 1 aromatic carbocycles. The first-order valence-corrected chi connectivity index (χ1v) is 3.98. The summed E-state index contributed by atoms with van der Waals surface area (Å²) in [5.74, 6) is 0. The van der Waals surface area contributed by atoms with E-state index in [9.17, 15) is 4.39 Å². The molecule has 2 N–H and O–H groups in total. The highest BCUT2D eigenvalue weighted by molar-refractivity contribution is 5.91. The van der Waals surface area contributed by atoms with E-state index in [0.29, 0.717) is 16.7 Å². The zero-order chi connectivity index (χ0) is 9.42. The molecule has 0 saturated carbocycles. The second-order valence-corrected chi connectivity index (χ2v) is 2.90. The summed E-state index contributed by atoms with van der Waals surface area (Å²) in [5.41, 5.74) is 6.97. The van der Waals surface area contributed by atoms with Crippen molar-refractivity contribution < 1.29 is 8.91 Å². The summed E-state index contributed by atoms with van der Waals surface area (Å²) < 4.78 is 17.9. The van der Waals surface area contributed by atoms with Gasteiger partial charge in [-0.05, 0) is 19.1 Å².